The largest absolute Gasteiger partial charge is 0.495 e. The lowest BCUT2D eigenvalue weighted by Crippen LogP contribution is -2.11. The Hall–Kier alpha value is -1.42. The normalized spacial score (nSPS) is 17.6. The van der Waals surface area contributed by atoms with Crippen molar-refractivity contribution in [3.05, 3.63) is 47.2 Å². The van der Waals surface area contributed by atoms with Crippen LogP contribution >= 0.6 is 0 Å². The highest BCUT2D eigenvalue weighted by molar-refractivity contribution is 5.26. The highest BCUT2D eigenvalue weighted by atomic mass is 19.1. The lowest BCUT2D eigenvalue weighted by molar-refractivity contribution is 0.0895. The Labute approximate surface area is 92.2 Å². The van der Waals surface area contributed by atoms with E-state index >= 15 is 0 Å². The molecule has 4 heteroatoms. The van der Waals surface area contributed by atoms with Crippen molar-refractivity contribution >= 4 is 0 Å². The summed E-state index contributed by atoms with van der Waals surface area (Å²) in [6, 6.07) is 3.00. The van der Waals surface area contributed by atoms with Gasteiger partial charge in [0.25, 0.3) is 0 Å². The van der Waals surface area contributed by atoms with Gasteiger partial charge in [-0.15, -0.1) is 0 Å². The van der Waals surface area contributed by atoms with Crippen LogP contribution in [0, 0.1) is 11.6 Å². The molecule has 0 saturated carbocycles. The number of hydrogen-bond donors (Lipinski definition) is 1. The number of allylic oxidation sites excluding steroid dienone is 1. The van der Waals surface area contributed by atoms with Crippen LogP contribution < -0.4 is 0 Å². The molecule has 0 radical (unpaired) electrons. The van der Waals surface area contributed by atoms with Crippen LogP contribution in [0.15, 0.2) is 30.0 Å². The number of hydrogen-bond acceptors (Lipinski definition) is 2. The molecule has 0 saturated heterocycles. The maximum absolute atomic E-state index is 13.4. The van der Waals surface area contributed by atoms with Gasteiger partial charge in [-0.25, -0.2) is 8.78 Å². The smallest absolute Gasteiger partial charge is 0.139 e. The average Bonchev–Trinajstić information content (AvgIpc) is 2.32. The van der Waals surface area contributed by atoms with Crippen LogP contribution in [0.1, 0.15) is 24.5 Å². The highest BCUT2D eigenvalue weighted by Crippen LogP contribution is 2.28. The molecule has 1 aliphatic rings. The van der Waals surface area contributed by atoms with Crippen LogP contribution in [0.2, 0.25) is 0 Å². The minimum Gasteiger partial charge on any atom is -0.495 e. The molecule has 16 heavy (non-hydrogen) atoms. The minimum absolute atomic E-state index is 0.0897. The summed E-state index contributed by atoms with van der Waals surface area (Å²) >= 11 is 0. The third-order valence-corrected chi connectivity index (χ3v) is 2.48. The van der Waals surface area contributed by atoms with Crippen molar-refractivity contribution in [1.82, 2.24) is 0 Å². The summed E-state index contributed by atoms with van der Waals surface area (Å²) in [4.78, 5) is 0. The summed E-state index contributed by atoms with van der Waals surface area (Å²) < 4.78 is 31.5. The van der Waals surface area contributed by atoms with Gasteiger partial charge in [-0.3, -0.25) is 0 Å². The van der Waals surface area contributed by atoms with Crippen LogP contribution in [0.25, 0.3) is 0 Å². The van der Waals surface area contributed by atoms with Crippen LogP contribution in [-0.2, 0) is 4.74 Å². The van der Waals surface area contributed by atoms with Gasteiger partial charge in [0.05, 0.1) is 6.61 Å². The van der Waals surface area contributed by atoms with Crippen molar-refractivity contribution in [3.63, 3.8) is 0 Å². The van der Waals surface area contributed by atoms with Gasteiger partial charge in [-0.2, -0.15) is 0 Å². The fourth-order valence-corrected chi connectivity index (χ4v) is 1.64. The fourth-order valence-electron chi connectivity index (χ4n) is 1.64. The SMILES string of the molecule is OC(C1=CCCCO1)c1cc(F)ccc1F. The topological polar surface area (TPSA) is 29.5 Å². The van der Waals surface area contributed by atoms with Crippen molar-refractivity contribution in [3.8, 4) is 0 Å². The Morgan fingerprint density at radius 2 is 2.12 bits per heavy atom. The van der Waals surface area contributed by atoms with Crippen molar-refractivity contribution < 1.29 is 18.6 Å². The zero-order chi connectivity index (χ0) is 11.5. The van der Waals surface area contributed by atoms with E-state index in [1.54, 1.807) is 6.08 Å². The monoisotopic (exact) mass is 226 g/mol. The summed E-state index contributed by atoms with van der Waals surface area (Å²) in [5, 5.41) is 9.85. The molecule has 0 fully saturated rings. The maximum atomic E-state index is 13.4. The Morgan fingerprint density at radius 3 is 2.81 bits per heavy atom. The Bertz CT molecular complexity index is 415. The van der Waals surface area contributed by atoms with Crippen LogP contribution in [0.4, 0.5) is 8.78 Å². The summed E-state index contributed by atoms with van der Waals surface area (Å²) in [6.45, 7) is 0.500. The predicted octanol–water partition coefficient (Wildman–Crippen LogP) is 2.69. The third-order valence-electron chi connectivity index (χ3n) is 2.48. The van der Waals surface area contributed by atoms with Crippen LogP contribution in [0.3, 0.4) is 0 Å². The zero-order valence-electron chi connectivity index (χ0n) is 8.62. The van der Waals surface area contributed by atoms with Crippen molar-refractivity contribution in [2.24, 2.45) is 0 Å². The van der Waals surface area contributed by atoms with Gasteiger partial charge in [0, 0.05) is 5.56 Å². The van der Waals surface area contributed by atoms with E-state index in [2.05, 4.69) is 0 Å². The first kappa shape index (κ1) is 11.1. The van der Waals surface area contributed by atoms with Crippen molar-refractivity contribution in [2.75, 3.05) is 6.61 Å². The summed E-state index contributed by atoms with van der Waals surface area (Å²) in [6.07, 6.45) is 2.14. The molecule has 2 rings (SSSR count). The molecule has 0 spiro atoms. The molecule has 1 heterocycles. The van der Waals surface area contributed by atoms with Crippen LogP contribution in [0.5, 0.6) is 0 Å². The van der Waals surface area contributed by atoms with Gasteiger partial charge < -0.3 is 9.84 Å². The molecule has 2 nitrogen and oxygen atoms in total. The maximum Gasteiger partial charge on any atom is 0.139 e. The molecule has 0 aliphatic carbocycles. The Balaban J connectivity index is 2.29. The van der Waals surface area contributed by atoms with Crippen LogP contribution in [-0.4, -0.2) is 11.7 Å². The molecule has 86 valence electrons. The van der Waals surface area contributed by atoms with E-state index in [9.17, 15) is 13.9 Å². The molecule has 0 aromatic heterocycles. The molecule has 0 bridgehead atoms. The van der Waals surface area contributed by atoms with Gasteiger partial charge in [0.1, 0.15) is 23.5 Å². The minimum atomic E-state index is -1.23. The summed E-state index contributed by atoms with van der Waals surface area (Å²) in [5.41, 5.74) is -0.0897. The second-order valence-electron chi connectivity index (χ2n) is 3.67. The van der Waals surface area contributed by atoms with E-state index in [4.69, 9.17) is 4.74 Å². The van der Waals surface area contributed by atoms with E-state index in [1.165, 1.54) is 0 Å². The fraction of sp³-hybridized carbons (Fsp3) is 0.333. The zero-order valence-corrected chi connectivity index (χ0v) is 8.62. The number of rotatable bonds is 2. The van der Waals surface area contributed by atoms with E-state index in [0.29, 0.717) is 12.4 Å². The first-order valence-corrected chi connectivity index (χ1v) is 5.14. The molecular weight excluding hydrogens is 214 g/mol. The Morgan fingerprint density at radius 1 is 1.31 bits per heavy atom. The molecule has 1 aromatic carbocycles. The molecule has 0 amide bonds. The standard InChI is InChI=1S/C12H12F2O2/c13-8-4-5-10(14)9(7-8)12(15)11-3-1-2-6-16-11/h3-5,7,12,15H,1-2,6H2. The molecular formula is C12H12F2O2. The van der Waals surface area contributed by atoms with Gasteiger partial charge in [-0.1, -0.05) is 0 Å². The van der Waals surface area contributed by atoms with Gasteiger partial charge in [0.15, 0.2) is 0 Å². The van der Waals surface area contributed by atoms with E-state index in [0.717, 1.165) is 31.0 Å². The van der Waals surface area contributed by atoms with E-state index in [1.807, 2.05) is 0 Å². The average molecular weight is 226 g/mol. The summed E-state index contributed by atoms with van der Waals surface area (Å²) in [5.74, 6) is -0.911. The number of ether oxygens (including phenoxy) is 1. The van der Waals surface area contributed by atoms with Gasteiger partial charge in [0.2, 0.25) is 0 Å². The second-order valence-corrected chi connectivity index (χ2v) is 3.67. The molecule has 1 N–H and O–H groups in total. The third kappa shape index (κ3) is 2.22. The van der Waals surface area contributed by atoms with Crippen molar-refractivity contribution in [1.29, 1.82) is 0 Å². The van der Waals surface area contributed by atoms with Gasteiger partial charge in [-0.05, 0) is 37.1 Å². The molecule has 1 aliphatic heterocycles. The Kier molecular flexibility index (Phi) is 3.19. The number of aliphatic hydroxyl groups is 1. The first-order chi connectivity index (χ1) is 7.68. The number of halogens is 2. The highest BCUT2D eigenvalue weighted by Gasteiger charge is 2.20. The number of aliphatic hydroxyl groups excluding tert-OH is 1. The predicted molar refractivity (Wildman–Crippen MR) is 54.6 cm³/mol. The quantitative estimate of drug-likeness (QED) is 0.840. The molecule has 1 atom stereocenters. The second kappa shape index (κ2) is 4.61. The van der Waals surface area contributed by atoms with Gasteiger partial charge >= 0.3 is 0 Å². The molecule has 1 unspecified atom stereocenters. The first-order valence-electron chi connectivity index (χ1n) is 5.14. The number of benzene rings is 1. The lowest BCUT2D eigenvalue weighted by atomic mass is 10.0. The lowest BCUT2D eigenvalue weighted by Gasteiger charge is -2.20. The van der Waals surface area contributed by atoms with Crippen molar-refractivity contribution in [2.45, 2.75) is 18.9 Å². The molecule has 1 aromatic rings. The summed E-state index contributed by atoms with van der Waals surface area (Å²) in [7, 11) is 0. The van der Waals surface area contributed by atoms with E-state index < -0.39 is 17.7 Å². The van der Waals surface area contributed by atoms with E-state index in [-0.39, 0.29) is 5.56 Å².